The highest BCUT2D eigenvalue weighted by Crippen LogP contribution is 2.26. The van der Waals surface area contributed by atoms with Crippen LogP contribution in [0.4, 0.5) is 5.69 Å². The van der Waals surface area contributed by atoms with Crippen molar-refractivity contribution in [2.45, 2.75) is 39.0 Å². The number of hydrogen-bond donors (Lipinski definition) is 2. The van der Waals surface area contributed by atoms with Gasteiger partial charge in [-0.2, -0.15) is 5.10 Å². The number of nitrogens with two attached hydrogens (primary N) is 1. The number of hydrogen-bond acceptors (Lipinski definition) is 3. The Hall–Kier alpha value is -2.75. The van der Waals surface area contributed by atoms with Crippen molar-refractivity contribution < 1.29 is 4.74 Å². The summed E-state index contributed by atoms with van der Waals surface area (Å²) >= 11 is 0. The predicted molar refractivity (Wildman–Crippen MR) is 108 cm³/mol. The topological polar surface area (TPSA) is 63.9 Å². The maximum Gasteiger partial charge on any atom is 0.119 e. The van der Waals surface area contributed by atoms with Gasteiger partial charge in [0.1, 0.15) is 5.75 Å². The number of anilines is 1. The smallest absolute Gasteiger partial charge is 0.119 e. The summed E-state index contributed by atoms with van der Waals surface area (Å²) in [5.74, 6) is 0.898. The maximum atomic E-state index is 5.90. The Morgan fingerprint density at radius 2 is 1.73 bits per heavy atom. The van der Waals surface area contributed by atoms with Gasteiger partial charge < -0.3 is 10.5 Å². The van der Waals surface area contributed by atoms with Crippen molar-refractivity contribution in [1.29, 1.82) is 0 Å². The van der Waals surface area contributed by atoms with Crippen LogP contribution in [-0.2, 0) is 0 Å². The summed E-state index contributed by atoms with van der Waals surface area (Å²) in [6.45, 7) is 3.00. The molecule has 1 aromatic heterocycles. The monoisotopic (exact) mass is 349 g/mol. The Labute approximate surface area is 155 Å². The van der Waals surface area contributed by atoms with E-state index in [4.69, 9.17) is 10.5 Å². The van der Waals surface area contributed by atoms with Crippen molar-refractivity contribution >= 4 is 5.69 Å². The minimum atomic E-state index is 0.757. The van der Waals surface area contributed by atoms with Crippen LogP contribution in [0.2, 0.25) is 0 Å². The third-order valence-electron chi connectivity index (χ3n) is 4.45. The molecule has 1 heterocycles. The zero-order valence-corrected chi connectivity index (χ0v) is 15.4. The van der Waals surface area contributed by atoms with Crippen LogP contribution in [0.5, 0.6) is 5.75 Å². The average Bonchev–Trinajstić information content (AvgIpc) is 3.16. The lowest BCUT2D eigenvalue weighted by Crippen LogP contribution is -1.97. The van der Waals surface area contributed by atoms with Gasteiger partial charge in [-0.3, -0.25) is 5.10 Å². The number of aromatic nitrogens is 2. The SMILES string of the molecule is CCCCCCCOc1cccc(-c2cc(-c3ccc(N)cc3)[nH]n2)c1. The van der Waals surface area contributed by atoms with Gasteiger partial charge >= 0.3 is 0 Å². The lowest BCUT2D eigenvalue weighted by atomic mass is 10.1. The molecule has 0 saturated carbocycles. The van der Waals surface area contributed by atoms with E-state index in [1.807, 2.05) is 36.4 Å². The average molecular weight is 349 g/mol. The number of H-pyrrole nitrogens is 1. The molecule has 0 bridgehead atoms. The summed E-state index contributed by atoms with van der Waals surface area (Å²) in [5.41, 5.74) is 10.5. The summed E-state index contributed by atoms with van der Waals surface area (Å²) in [6.07, 6.45) is 6.21. The molecule has 4 heteroatoms. The molecule has 0 unspecified atom stereocenters. The van der Waals surface area contributed by atoms with E-state index in [0.29, 0.717) is 0 Å². The molecule has 2 aromatic carbocycles. The van der Waals surface area contributed by atoms with Crippen molar-refractivity contribution in [2.24, 2.45) is 0 Å². The van der Waals surface area contributed by atoms with Gasteiger partial charge in [-0.25, -0.2) is 0 Å². The predicted octanol–water partition coefficient (Wildman–Crippen LogP) is 5.68. The van der Waals surface area contributed by atoms with Crippen LogP contribution in [0.1, 0.15) is 39.0 Å². The fourth-order valence-corrected chi connectivity index (χ4v) is 2.92. The summed E-state index contributed by atoms with van der Waals surface area (Å²) in [4.78, 5) is 0. The number of ether oxygens (including phenoxy) is 1. The van der Waals surface area contributed by atoms with E-state index in [-0.39, 0.29) is 0 Å². The van der Waals surface area contributed by atoms with Crippen LogP contribution < -0.4 is 10.5 Å². The van der Waals surface area contributed by atoms with Gasteiger partial charge in [-0.1, -0.05) is 56.9 Å². The second-order valence-electron chi connectivity index (χ2n) is 6.58. The van der Waals surface area contributed by atoms with Crippen LogP contribution in [0.3, 0.4) is 0 Å². The highest BCUT2D eigenvalue weighted by molar-refractivity contribution is 5.69. The van der Waals surface area contributed by atoms with Gasteiger partial charge in [-0.15, -0.1) is 0 Å². The van der Waals surface area contributed by atoms with Gasteiger partial charge in [0.05, 0.1) is 18.0 Å². The van der Waals surface area contributed by atoms with Crippen LogP contribution in [0, 0.1) is 0 Å². The lowest BCUT2D eigenvalue weighted by molar-refractivity contribution is 0.304. The first-order valence-electron chi connectivity index (χ1n) is 9.41. The molecule has 0 spiro atoms. The van der Waals surface area contributed by atoms with Crippen LogP contribution in [-0.4, -0.2) is 16.8 Å². The van der Waals surface area contributed by atoms with Crippen LogP contribution in [0.25, 0.3) is 22.5 Å². The molecule has 0 saturated heterocycles. The second kappa shape index (κ2) is 9.09. The van der Waals surface area contributed by atoms with E-state index in [9.17, 15) is 0 Å². The summed E-state index contributed by atoms with van der Waals surface area (Å²) in [7, 11) is 0. The van der Waals surface area contributed by atoms with Crippen LogP contribution >= 0.6 is 0 Å². The summed E-state index contributed by atoms with van der Waals surface area (Å²) < 4.78 is 5.90. The molecule has 0 aliphatic heterocycles. The molecular formula is C22H27N3O. The maximum absolute atomic E-state index is 5.90. The summed E-state index contributed by atoms with van der Waals surface area (Å²) in [5, 5.41) is 7.54. The Morgan fingerprint density at radius 1 is 0.923 bits per heavy atom. The number of nitrogens with one attached hydrogen (secondary N) is 1. The fourth-order valence-electron chi connectivity index (χ4n) is 2.92. The normalized spacial score (nSPS) is 10.8. The fraction of sp³-hybridized carbons (Fsp3) is 0.318. The largest absolute Gasteiger partial charge is 0.494 e. The quantitative estimate of drug-likeness (QED) is 0.386. The number of nitrogens with zero attached hydrogens (tertiary/aromatic N) is 1. The van der Waals surface area contributed by atoms with Crippen molar-refractivity contribution in [1.82, 2.24) is 10.2 Å². The van der Waals surface area contributed by atoms with E-state index in [0.717, 1.165) is 47.0 Å². The molecule has 0 radical (unpaired) electrons. The van der Waals surface area contributed by atoms with Crippen molar-refractivity contribution in [3.8, 4) is 28.3 Å². The molecule has 3 rings (SSSR count). The first-order chi connectivity index (χ1) is 12.8. The van der Waals surface area contributed by atoms with Gasteiger partial charge in [-0.05, 0) is 42.3 Å². The number of unbranched alkanes of at least 4 members (excludes halogenated alkanes) is 4. The first-order valence-corrected chi connectivity index (χ1v) is 9.41. The molecule has 0 aliphatic carbocycles. The number of benzene rings is 2. The molecule has 0 amide bonds. The third kappa shape index (κ3) is 4.88. The molecule has 26 heavy (non-hydrogen) atoms. The van der Waals surface area contributed by atoms with Gasteiger partial charge in [0.25, 0.3) is 0 Å². The Morgan fingerprint density at radius 3 is 2.54 bits per heavy atom. The zero-order valence-electron chi connectivity index (χ0n) is 15.4. The second-order valence-corrected chi connectivity index (χ2v) is 6.58. The minimum absolute atomic E-state index is 0.757. The van der Waals surface area contributed by atoms with E-state index < -0.39 is 0 Å². The lowest BCUT2D eigenvalue weighted by Gasteiger charge is -2.07. The highest BCUT2D eigenvalue weighted by atomic mass is 16.5. The Balaban J connectivity index is 1.62. The standard InChI is InChI=1S/C22H27N3O/c1-2-3-4-5-6-14-26-20-9-7-8-18(15-20)22-16-21(24-25-22)17-10-12-19(23)13-11-17/h7-13,15-16H,2-6,14,23H2,1H3,(H,24,25). The molecule has 0 fully saturated rings. The highest BCUT2D eigenvalue weighted by Gasteiger charge is 2.07. The molecule has 4 nitrogen and oxygen atoms in total. The van der Waals surface area contributed by atoms with E-state index in [2.05, 4.69) is 35.3 Å². The van der Waals surface area contributed by atoms with Gasteiger partial charge in [0, 0.05) is 11.3 Å². The molecule has 3 aromatic rings. The van der Waals surface area contributed by atoms with Gasteiger partial charge in [0.15, 0.2) is 0 Å². The summed E-state index contributed by atoms with van der Waals surface area (Å²) in [6, 6.07) is 17.9. The molecular weight excluding hydrogens is 322 g/mol. The van der Waals surface area contributed by atoms with E-state index in [1.165, 1.54) is 25.7 Å². The third-order valence-corrected chi connectivity index (χ3v) is 4.45. The number of nitrogen functional groups attached to an aromatic ring is 1. The molecule has 0 atom stereocenters. The van der Waals surface area contributed by atoms with E-state index in [1.54, 1.807) is 0 Å². The number of rotatable bonds is 9. The van der Waals surface area contributed by atoms with Crippen molar-refractivity contribution in [3.63, 3.8) is 0 Å². The minimum Gasteiger partial charge on any atom is -0.494 e. The molecule has 136 valence electrons. The first kappa shape index (κ1) is 18.1. The van der Waals surface area contributed by atoms with E-state index >= 15 is 0 Å². The van der Waals surface area contributed by atoms with Gasteiger partial charge in [0.2, 0.25) is 0 Å². The van der Waals surface area contributed by atoms with Crippen molar-refractivity contribution in [3.05, 3.63) is 54.6 Å². The molecule has 3 N–H and O–H groups in total. The number of aromatic amines is 1. The van der Waals surface area contributed by atoms with Crippen LogP contribution in [0.15, 0.2) is 54.6 Å². The Bertz CT molecular complexity index is 808. The zero-order chi connectivity index (χ0) is 18.2. The van der Waals surface area contributed by atoms with Crippen molar-refractivity contribution in [2.75, 3.05) is 12.3 Å². The Kier molecular flexibility index (Phi) is 6.31. The molecule has 0 aliphatic rings.